The van der Waals surface area contributed by atoms with Gasteiger partial charge in [0.05, 0.1) is 44.4 Å². The van der Waals surface area contributed by atoms with E-state index in [9.17, 15) is 9.90 Å². The summed E-state index contributed by atoms with van der Waals surface area (Å²) in [5.74, 6) is 0.0138. The minimum Gasteiger partial charge on any atom is -0.493 e. The van der Waals surface area contributed by atoms with Gasteiger partial charge >= 0.3 is 0 Å². The average molecular weight is 642 g/mol. The predicted molar refractivity (Wildman–Crippen MR) is 175 cm³/mol. The van der Waals surface area contributed by atoms with Crippen LogP contribution in [0.1, 0.15) is 23.1 Å². The van der Waals surface area contributed by atoms with Gasteiger partial charge in [0.2, 0.25) is 5.88 Å². The van der Waals surface area contributed by atoms with Crippen molar-refractivity contribution in [3.8, 4) is 28.9 Å². The lowest BCUT2D eigenvalue weighted by Gasteiger charge is -2.26. The number of halogens is 1. The van der Waals surface area contributed by atoms with E-state index >= 15 is 4.39 Å². The lowest BCUT2D eigenvalue weighted by Crippen LogP contribution is -2.37. The number of hydrogen-bond acceptors (Lipinski definition) is 9. The van der Waals surface area contributed by atoms with Crippen LogP contribution >= 0.6 is 0 Å². The number of aryl methyl sites for hydroxylation is 2. The van der Waals surface area contributed by atoms with Gasteiger partial charge in [-0.05, 0) is 61.7 Å². The fraction of sp³-hybridized carbons (Fsp3) is 0.314. The topological polar surface area (TPSA) is 131 Å². The summed E-state index contributed by atoms with van der Waals surface area (Å²) in [5, 5.41) is 19.4. The van der Waals surface area contributed by atoms with E-state index in [1.807, 2.05) is 26.0 Å². The Morgan fingerprint density at radius 3 is 2.66 bits per heavy atom. The van der Waals surface area contributed by atoms with Crippen molar-refractivity contribution in [2.75, 3.05) is 46.6 Å². The number of morpholine rings is 1. The van der Waals surface area contributed by atoms with Gasteiger partial charge in [-0.15, -0.1) is 10.2 Å². The lowest BCUT2D eigenvalue weighted by molar-refractivity contribution is -0.117. The van der Waals surface area contributed by atoms with Crippen molar-refractivity contribution in [1.82, 2.24) is 14.9 Å². The Morgan fingerprint density at radius 2 is 1.87 bits per heavy atom. The molecule has 3 aromatic carbocycles. The highest BCUT2D eigenvalue weighted by Gasteiger charge is 2.17. The van der Waals surface area contributed by atoms with E-state index in [4.69, 9.17) is 18.9 Å². The summed E-state index contributed by atoms with van der Waals surface area (Å²) in [5.41, 5.74) is 3.81. The van der Waals surface area contributed by atoms with Crippen molar-refractivity contribution in [3.05, 3.63) is 77.2 Å². The summed E-state index contributed by atoms with van der Waals surface area (Å²) in [6, 6.07) is 13.3. The molecule has 3 heterocycles. The van der Waals surface area contributed by atoms with Crippen LogP contribution < -0.4 is 14.2 Å². The van der Waals surface area contributed by atoms with E-state index in [0.717, 1.165) is 55.9 Å². The molecule has 0 atom stereocenters. The fourth-order valence-corrected chi connectivity index (χ4v) is 5.68. The van der Waals surface area contributed by atoms with Gasteiger partial charge in [0.1, 0.15) is 5.75 Å². The highest BCUT2D eigenvalue weighted by molar-refractivity contribution is 5.96. The number of carbonyl (C=O) groups excluding carboxylic acids is 1. The first kappa shape index (κ1) is 31.9. The number of carbonyl (C=O) groups is 1. The number of amides is 1. The summed E-state index contributed by atoms with van der Waals surface area (Å²) in [4.78, 5) is 22.3. The Bertz CT molecular complexity index is 1950. The summed E-state index contributed by atoms with van der Waals surface area (Å²) in [6.45, 7) is 8.66. The second-order valence-corrected chi connectivity index (χ2v) is 11.4. The monoisotopic (exact) mass is 641 g/mol. The zero-order valence-electron chi connectivity index (χ0n) is 26.5. The molecule has 1 fully saturated rings. The third kappa shape index (κ3) is 7.34. The van der Waals surface area contributed by atoms with E-state index in [1.165, 1.54) is 12.1 Å². The van der Waals surface area contributed by atoms with E-state index in [0.29, 0.717) is 45.7 Å². The molecule has 0 saturated carbocycles. The highest BCUT2D eigenvalue weighted by Crippen LogP contribution is 2.39. The molecule has 244 valence electrons. The number of methoxy groups -OCH3 is 1. The molecule has 2 aromatic heterocycles. The van der Waals surface area contributed by atoms with Crippen LogP contribution in [0.2, 0.25) is 0 Å². The number of aromatic hydroxyl groups is 1. The second-order valence-electron chi connectivity index (χ2n) is 11.4. The van der Waals surface area contributed by atoms with Gasteiger partial charge in [-0.3, -0.25) is 14.7 Å². The molecule has 0 radical (unpaired) electrons. The molecule has 1 saturated heterocycles. The average Bonchev–Trinajstić information content (AvgIpc) is 3.38. The summed E-state index contributed by atoms with van der Waals surface area (Å²) < 4.78 is 38.2. The number of azo groups is 1. The molecular weight excluding hydrogens is 605 g/mol. The van der Waals surface area contributed by atoms with Crippen LogP contribution in [0.5, 0.6) is 28.9 Å². The number of nitrogens with zero attached hydrogens (tertiary/aromatic N) is 4. The van der Waals surface area contributed by atoms with Crippen LogP contribution in [0.4, 0.5) is 10.1 Å². The molecule has 12 heteroatoms. The summed E-state index contributed by atoms with van der Waals surface area (Å²) in [7, 11) is 1.56. The van der Waals surface area contributed by atoms with Crippen molar-refractivity contribution in [2.45, 2.75) is 26.7 Å². The Hall–Kier alpha value is -5.07. The molecule has 5 aromatic rings. The molecule has 47 heavy (non-hydrogen) atoms. The number of benzene rings is 3. The Labute approximate surface area is 270 Å². The summed E-state index contributed by atoms with van der Waals surface area (Å²) >= 11 is 0. The minimum atomic E-state index is -0.649. The van der Waals surface area contributed by atoms with E-state index < -0.39 is 11.7 Å². The number of aromatic amines is 1. The Morgan fingerprint density at radius 1 is 1.04 bits per heavy atom. The van der Waals surface area contributed by atoms with Crippen molar-refractivity contribution < 1.29 is 33.2 Å². The zero-order chi connectivity index (χ0) is 32.9. The van der Waals surface area contributed by atoms with Gasteiger partial charge in [0.25, 0.3) is 5.91 Å². The molecule has 1 aliphatic heterocycles. The van der Waals surface area contributed by atoms with Gasteiger partial charge in [-0.25, -0.2) is 4.39 Å². The third-order valence-corrected chi connectivity index (χ3v) is 8.00. The van der Waals surface area contributed by atoms with Gasteiger partial charge in [0.15, 0.2) is 28.8 Å². The molecule has 2 N–H and O–H groups in total. The minimum absolute atomic E-state index is 0.0211. The Kier molecular flexibility index (Phi) is 9.60. The van der Waals surface area contributed by atoms with Crippen LogP contribution in [-0.4, -0.2) is 72.4 Å². The number of fused-ring (bicyclic) bond motifs is 2. The maximum absolute atomic E-state index is 15.2. The van der Waals surface area contributed by atoms with Gasteiger partial charge in [-0.1, -0.05) is 17.7 Å². The second kappa shape index (κ2) is 14.1. The maximum atomic E-state index is 15.2. The first-order chi connectivity index (χ1) is 22.8. The van der Waals surface area contributed by atoms with Crippen LogP contribution in [-0.2, 0) is 16.0 Å². The Balaban J connectivity index is 1.12. The largest absolute Gasteiger partial charge is 0.493 e. The fourth-order valence-electron chi connectivity index (χ4n) is 5.68. The number of nitrogens with one attached hydrogen (secondary N) is 1. The van der Waals surface area contributed by atoms with Gasteiger partial charge in [0, 0.05) is 42.7 Å². The van der Waals surface area contributed by atoms with Crippen molar-refractivity contribution in [3.63, 3.8) is 0 Å². The first-order valence-electron chi connectivity index (χ1n) is 15.4. The van der Waals surface area contributed by atoms with E-state index in [-0.39, 0.29) is 23.7 Å². The molecular formula is C35H36FN5O6. The van der Waals surface area contributed by atoms with Crippen molar-refractivity contribution in [2.24, 2.45) is 10.2 Å². The molecule has 0 spiro atoms. The quantitative estimate of drug-likeness (QED) is 0.117. The van der Waals surface area contributed by atoms with Gasteiger partial charge in [-0.2, -0.15) is 0 Å². The van der Waals surface area contributed by atoms with E-state index in [1.54, 1.807) is 37.6 Å². The standard InChI is InChI=1S/C35H36FN5O6/c1-21-15-22(2)33-25(16-21)34(35(43)38-33)40-39-32(42)18-23-5-6-29(26(36)17-23)47-28-7-8-37-27-20-31(30(44-3)19-24(27)28)46-12-4-9-41-10-13-45-14-11-41/h5-8,15-17,19-20,38,43H,4,9-14,18H2,1-3H3. The first-order valence-corrected chi connectivity index (χ1v) is 15.4. The van der Waals surface area contributed by atoms with Crippen molar-refractivity contribution >= 4 is 33.4 Å². The number of aromatic nitrogens is 2. The predicted octanol–water partition coefficient (Wildman–Crippen LogP) is 6.93. The van der Waals surface area contributed by atoms with Crippen molar-refractivity contribution in [1.29, 1.82) is 0 Å². The summed E-state index contributed by atoms with van der Waals surface area (Å²) in [6.07, 6.45) is 2.25. The molecule has 0 aliphatic carbocycles. The normalized spacial score (nSPS) is 13.9. The van der Waals surface area contributed by atoms with E-state index in [2.05, 4.69) is 25.1 Å². The number of pyridine rings is 1. The SMILES string of the molecule is COc1cc2c(Oc3ccc(CC(=O)N=Nc4c(O)[nH]c5c(C)cc(C)cc45)cc3F)ccnc2cc1OCCCN1CCOCC1. The number of rotatable bonds is 11. The number of ether oxygens (including phenoxy) is 4. The van der Waals surface area contributed by atoms with Crippen LogP contribution in [0, 0.1) is 19.7 Å². The van der Waals surface area contributed by atoms with Crippen LogP contribution in [0.25, 0.3) is 21.8 Å². The maximum Gasteiger partial charge on any atom is 0.269 e. The number of hydrogen-bond donors (Lipinski definition) is 2. The molecule has 6 rings (SSSR count). The lowest BCUT2D eigenvalue weighted by atomic mass is 10.1. The van der Waals surface area contributed by atoms with Crippen LogP contribution in [0.3, 0.4) is 0 Å². The molecule has 1 aliphatic rings. The molecule has 0 unspecified atom stereocenters. The van der Waals surface area contributed by atoms with Crippen LogP contribution in [0.15, 0.2) is 65.0 Å². The molecule has 1 amide bonds. The number of H-pyrrole nitrogens is 1. The third-order valence-electron chi connectivity index (χ3n) is 8.00. The highest BCUT2D eigenvalue weighted by atomic mass is 19.1. The zero-order valence-corrected chi connectivity index (χ0v) is 26.5. The molecule has 0 bridgehead atoms. The van der Waals surface area contributed by atoms with Gasteiger partial charge < -0.3 is 29.0 Å². The smallest absolute Gasteiger partial charge is 0.269 e. The molecule has 11 nitrogen and oxygen atoms in total.